The van der Waals surface area contributed by atoms with E-state index in [1.807, 2.05) is 31.2 Å². The molecule has 1 aromatic rings. The van der Waals surface area contributed by atoms with Crippen LogP contribution in [0.4, 0.5) is 0 Å². The molecule has 0 aliphatic heterocycles. The van der Waals surface area contributed by atoms with Gasteiger partial charge in [0.1, 0.15) is 11.5 Å². The molecule has 0 radical (unpaired) electrons. The van der Waals surface area contributed by atoms with Gasteiger partial charge in [0.15, 0.2) is 0 Å². The average Bonchev–Trinajstić information content (AvgIpc) is 2.31. The molecule has 0 amide bonds. The smallest absolute Gasteiger partial charge is 0.124 e. The summed E-state index contributed by atoms with van der Waals surface area (Å²) in [5.41, 5.74) is 1.10. The Morgan fingerprint density at radius 2 is 2.25 bits per heavy atom. The minimum Gasteiger partial charge on any atom is -0.497 e. The Balaban J connectivity index is 2.77. The summed E-state index contributed by atoms with van der Waals surface area (Å²) in [5.74, 6) is 1.75. The summed E-state index contributed by atoms with van der Waals surface area (Å²) >= 11 is 0. The lowest BCUT2D eigenvalue weighted by atomic mass is 10.2. The molecule has 0 bridgehead atoms. The Labute approximate surface area is 97.1 Å². The van der Waals surface area contributed by atoms with E-state index in [1.54, 1.807) is 7.11 Å². The van der Waals surface area contributed by atoms with E-state index >= 15 is 0 Å². The zero-order valence-corrected chi connectivity index (χ0v) is 9.95. The molecule has 0 aliphatic rings. The van der Waals surface area contributed by atoms with Crippen molar-refractivity contribution in [2.24, 2.45) is 0 Å². The lowest BCUT2D eigenvalue weighted by molar-refractivity contribution is 0.334. The van der Waals surface area contributed by atoms with Crippen molar-refractivity contribution in [2.45, 2.75) is 13.5 Å². The summed E-state index contributed by atoms with van der Waals surface area (Å²) in [4.78, 5) is 0. The monoisotopic (exact) mass is 221 g/mol. The number of hydrogen-bond acceptors (Lipinski definition) is 3. The van der Waals surface area contributed by atoms with Crippen LogP contribution < -0.4 is 14.8 Å². The molecule has 0 heterocycles. The Bertz CT molecular complexity index is 337. The maximum absolute atomic E-state index is 5.55. The van der Waals surface area contributed by atoms with Gasteiger partial charge in [-0.15, -0.1) is 6.58 Å². The van der Waals surface area contributed by atoms with Crippen molar-refractivity contribution in [3.8, 4) is 11.5 Å². The number of methoxy groups -OCH3 is 1. The molecule has 3 heteroatoms. The predicted octanol–water partition coefficient (Wildman–Crippen LogP) is 2.37. The first-order valence-electron chi connectivity index (χ1n) is 5.43. The number of hydrogen-bond donors (Lipinski definition) is 1. The first kappa shape index (κ1) is 12.6. The molecule has 1 N–H and O–H groups in total. The van der Waals surface area contributed by atoms with E-state index in [9.17, 15) is 0 Å². The molecule has 0 fully saturated rings. The molecule has 0 aromatic heterocycles. The van der Waals surface area contributed by atoms with Crippen molar-refractivity contribution >= 4 is 0 Å². The predicted molar refractivity (Wildman–Crippen MR) is 66.1 cm³/mol. The highest BCUT2D eigenvalue weighted by Gasteiger charge is 2.04. The summed E-state index contributed by atoms with van der Waals surface area (Å²) in [6.07, 6.45) is 1.83. The van der Waals surface area contributed by atoms with Gasteiger partial charge < -0.3 is 14.8 Å². The quantitative estimate of drug-likeness (QED) is 0.566. The SMILES string of the molecule is C=CCNCc1cc(OC)ccc1OCC. The zero-order valence-electron chi connectivity index (χ0n) is 9.95. The molecule has 1 aromatic carbocycles. The molecule has 16 heavy (non-hydrogen) atoms. The van der Waals surface area contributed by atoms with Gasteiger partial charge in [0, 0.05) is 18.7 Å². The fourth-order valence-electron chi connectivity index (χ4n) is 1.43. The molecule has 88 valence electrons. The van der Waals surface area contributed by atoms with Crippen LogP contribution in [0.3, 0.4) is 0 Å². The molecule has 0 atom stereocenters. The van der Waals surface area contributed by atoms with Crippen molar-refractivity contribution in [2.75, 3.05) is 20.3 Å². The summed E-state index contributed by atoms with van der Waals surface area (Å²) in [6.45, 7) is 7.84. The fraction of sp³-hybridized carbons (Fsp3) is 0.385. The van der Waals surface area contributed by atoms with E-state index in [0.717, 1.165) is 30.2 Å². The Morgan fingerprint density at radius 3 is 2.88 bits per heavy atom. The molecular weight excluding hydrogens is 202 g/mol. The van der Waals surface area contributed by atoms with E-state index in [1.165, 1.54) is 0 Å². The van der Waals surface area contributed by atoms with E-state index in [-0.39, 0.29) is 0 Å². The zero-order chi connectivity index (χ0) is 11.8. The van der Waals surface area contributed by atoms with Crippen molar-refractivity contribution in [3.63, 3.8) is 0 Å². The minimum atomic E-state index is 0.667. The standard InChI is InChI=1S/C13H19NO2/c1-4-8-14-10-11-9-12(15-3)6-7-13(11)16-5-2/h4,6-7,9,14H,1,5,8,10H2,2-3H3. The molecular formula is C13H19NO2. The normalized spacial score (nSPS) is 9.88. The lowest BCUT2D eigenvalue weighted by Crippen LogP contribution is -2.13. The lowest BCUT2D eigenvalue weighted by Gasteiger charge is -2.12. The van der Waals surface area contributed by atoms with Gasteiger partial charge in [0.2, 0.25) is 0 Å². The van der Waals surface area contributed by atoms with E-state index in [2.05, 4.69) is 11.9 Å². The van der Waals surface area contributed by atoms with Crippen LogP contribution in [-0.4, -0.2) is 20.3 Å². The largest absolute Gasteiger partial charge is 0.497 e. The highest BCUT2D eigenvalue weighted by molar-refractivity contribution is 5.40. The summed E-state index contributed by atoms with van der Waals surface area (Å²) in [7, 11) is 1.66. The second kappa shape index (κ2) is 6.90. The van der Waals surface area contributed by atoms with Crippen LogP contribution in [0, 0.1) is 0 Å². The minimum absolute atomic E-state index is 0.667. The average molecular weight is 221 g/mol. The second-order valence-electron chi connectivity index (χ2n) is 3.33. The first-order valence-corrected chi connectivity index (χ1v) is 5.43. The third-order valence-electron chi connectivity index (χ3n) is 2.17. The van der Waals surface area contributed by atoms with Crippen LogP contribution in [0.1, 0.15) is 12.5 Å². The molecule has 0 unspecified atom stereocenters. The van der Waals surface area contributed by atoms with Crippen LogP contribution in [0.2, 0.25) is 0 Å². The van der Waals surface area contributed by atoms with E-state index in [4.69, 9.17) is 9.47 Å². The van der Waals surface area contributed by atoms with Crippen molar-refractivity contribution < 1.29 is 9.47 Å². The first-order chi connectivity index (χ1) is 7.81. The van der Waals surface area contributed by atoms with Crippen LogP contribution in [0.15, 0.2) is 30.9 Å². The highest BCUT2D eigenvalue weighted by atomic mass is 16.5. The fourth-order valence-corrected chi connectivity index (χ4v) is 1.43. The van der Waals surface area contributed by atoms with Crippen LogP contribution in [-0.2, 0) is 6.54 Å². The molecule has 3 nitrogen and oxygen atoms in total. The van der Waals surface area contributed by atoms with Crippen LogP contribution >= 0.6 is 0 Å². The number of rotatable bonds is 7. The van der Waals surface area contributed by atoms with E-state index in [0.29, 0.717) is 6.61 Å². The highest BCUT2D eigenvalue weighted by Crippen LogP contribution is 2.24. The summed E-state index contributed by atoms with van der Waals surface area (Å²) < 4.78 is 10.7. The molecule has 1 rings (SSSR count). The molecule has 0 saturated carbocycles. The van der Waals surface area contributed by atoms with Gasteiger partial charge in [-0.25, -0.2) is 0 Å². The summed E-state index contributed by atoms with van der Waals surface area (Å²) in [5, 5.41) is 3.25. The molecule has 0 saturated heterocycles. The van der Waals surface area contributed by atoms with Gasteiger partial charge in [-0.2, -0.15) is 0 Å². The maximum atomic E-state index is 5.55. The van der Waals surface area contributed by atoms with Crippen molar-refractivity contribution in [1.29, 1.82) is 0 Å². The van der Waals surface area contributed by atoms with E-state index < -0.39 is 0 Å². The van der Waals surface area contributed by atoms with Crippen molar-refractivity contribution in [1.82, 2.24) is 5.32 Å². The summed E-state index contributed by atoms with van der Waals surface area (Å²) in [6, 6.07) is 5.83. The third-order valence-corrected chi connectivity index (χ3v) is 2.17. The molecule has 0 aliphatic carbocycles. The van der Waals surface area contributed by atoms with Gasteiger partial charge in [-0.3, -0.25) is 0 Å². The maximum Gasteiger partial charge on any atom is 0.124 e. The van der Waals surface area contributed by atoms with Crippen molar-refractivity contribution in [3.05, 3.63) is 36.4 Å². The van der Waals surface area contributed by atoms with Gasteiger partial charge in [0.05, 0.1) is 13.7 Å². The van der Waals surface area contributed by atoms with Crippen LogP contribution in [0.5, 0.6) is 11.5 Å². The molecule has 0 spiro atoms. The van der Waals surface area contributed by atoms with Crippen LogP contribution in [0.25, 0.3) is 0 Å². The Kier molecular flexibility index (Phi) is 5.43. The van der Waals surface area contributed by atoms with Gasteiger partial charge in [0.25, 0.3) is 0 Å². The Hall–Kier alpha value is -1.48. The van der Waals surface area contributed by atoms with Gasteiger partial charge >= 0.3 is 0 Å². The Morgan fingerprint density at radius 1 is 1.44 bits per heavy atom. The third kappa shape index (κ3) is 3.59. The number of benzene rings is 1. The van der Waals surface area contributed by atoms with Gasteiger partial charge in [-0.1, -0.05) is 6.08 Å². The topological polar surface area (TPSA) is 30.5 Å². The van der Waals surface area contributed by atoms with Gasteiger partial charge in [-0.05, 0) is 25.1 Å². The number of nitrogens with one attached hydrogen (secondary N) is 1. The number of ether oxygens (including phenoxy) is 2. The second-order valence-corrected chi connectivity index (χ2v) is 3.33.